The van der Waals surface area contributed by atoms with Gasteiger partial charge in [-0.1, -0.05) is 18.2 Å². The molecular weight excluding hydrogens is 310 g/mol. The van der Waals surface area contributed by atoms with Crippen molar-refractivity contribution >= 4 is 28.9 Å². The van der Waals surface area contributed by atoms with E-state index in [2.05, 4.69) is 4.74 Å². The lowest BCUT2D eigenvalue weighted by Gasteiger charge is -2.20. The van der Waals surface area contributed by atoms with Crippen molar-refractivity contribution in [2.75, 3.05) is 33.9 Å². The van der Waals surface area contributed by atoms with Crippen LogP contribution in [0, 0.1) is 0 Å². The fourth-order valence-electron chi connectivity index (χ4n) is 2.21. The fourth-order valence-corrected chi connectivity index (χ4v) is 2.21. The average molecular weight is 331 g/mol. The van der Waals surface area contributed by atoms with Gasteiger partial charge in [0, 0.05) is 31.7 Å². The Balaban J connectivity index is 2.02. The van der Waals surface area contributed by atoms with Gasteiger partial charge in [-0.3, -0.25) is 9.59 Å². The maximum atomic E-state index is 12.3. The lowest BCUT2D eigenvalue weighted by Crippen LogP contribution is -2.34. The van der Waals surface area contributed by atoms with E-state index in [0.717, 1.165) is 11.0 Å². The number of benzene rings is 1. The molecule has 0 aliphatic carbocycles. The standard InChI is InChI=1S/C18H21NO5/c1-22-12-11-19(10-9-18(21)23-2)17(20)8-7-15-13-14-5-3-4-6-16(14)24-15/h3-8,13H,9-12H2,1-2H3. The molecule has 1 amide bonds. The van der Waals surface area contributed by atoms with E-state index >= 15 is 0 Å². The van der Waals surface area contributed by atoms with Crippen LogP contribution in [0.5, 0.6) is 0 Å². The van der Waals surface area contributed by atoms with Gasteiger partial charge < -0.3 is 18.8 Å². The number of hydrogen-bond donors (Lipinski definition) is 0. The van der Waals surface area contributed by atoms with E-state index in [-0.39, 0.29) is 24.8 Å². The molecule has 0 aliphatic rings. The number of furan rings is 1. The van der Waals surface area contributed by atoms with Crippen LogP contribution < -0.4 is 0 Å². The molecule has 128 valence electrons. The Morgan fingerprint density at radius 2 is 2.00 bits per heavy atom. The molecule has 2 aromatic rings. The number of fused-ring (bicyclic) bond motifs is 1. The van der Waals surface area contributed by atoms with E-state index < -0.39 is 0 Å². The van der Waals surface area contributed by atoms with Crippen LogP contribution in [-0.4, -0.2) is 50.7 Å². The molecule has 0 saturated heterocycles. The molecule has 1 aromatic carbocycles. The van der Waals surface area contributed by atoms with Crippen LogP contribution in [0.2, 0.25) is 0 Å². The van der Waals surface area contributed by atoms with Crippen molar-refractivity contribution in [3.05, 3.63) is 42.2 Å². The van der Waals surface area contributed by atoms with Gasteiger partial charge in [0.25, 0.3) is 0 Å². The molecule has 1 aromatic heterocycles. The molecule has 0 radical (unpaired) electrons. The zero-order valence-electron chi connectivity index (χ0n) is 13.9. The number of amides is 1. The number of rotatable bonds is 8. The highest BCUT2D eigenvalue weighted by molar-refractivity contribution is 5.92. The molecule has 0 atom stereocenters. The topological polar surface area (TPSA) is 69.0 Å². The SMILES string of the molecule is COCCN(CCC(=O)OC)C(=O)C=Cc1cc2ccccc2o1. The quantitative estimate of drug-likeness (QED) is 0.549. The summed E-state index contributed by atoms with van der Waals surface area (Å²) in [5.74, 6) is 0.0344. The molecule has 0 unspecified atom stereocenters. The summed E-state index contributed by atoms with van der Waals surface area (Å²) < 4.78 is 15.3. The molecule has 0 aliphatic heterocycles. The van der Waals surface area contributed by atoms with Crippen molar-refractivity contribution < 1.29 is 23.5 Å². The zero-order valence-corrected chi connectivity index (χ0v) is 13.9. The minimum Gasteiger partial charge on any atom is -0.469 e. The first-order valence-corrected chi connectivity index (χ1v) is 7.65. The molecule has 0 fully saturated rings. The van der Waals surface area contributed by atoms with E-state index in [4.69, 9.17) is 9.15 Å². The van der Waals surface area contributed by atoms with E-state index in [1.54, 1.807) is 18.1 Å². The second-order valence-electron chi connectivity index (χ2n) is 5.16. The van der Waals surface area contributed by atoms with Gasteiger partial charge in [0.1, 0.15) is 11.3 Å². The molecule has 0 N–H and O–H groups in total. The average Bonchev–Trinajstić information content (AvgIpc) is 3.02. The van der Waals surface area contributed by atoms with Gasteiger partial charge in [-0.15, -0.1) is 0 Å². The van der Waals surface area contributed by atoms with E-state index in [9.17, 15) is 9.59 Å². The third-order valence-electron chi connectivity index (χ3n) is 3.53. The molecule has 0 saturated carbocycles. The van der Waals surface area contributed by atoms with Gasteiger partial charge in [0.2, 0.25) is 5.91 Å². The number of para-hydroxylation sites is 1. The molecule has 1 heterocycles. The molecule has 6 nitrogen and oxygen atoms in total. The maximum absolute atomic E-state index is 12.3. The number of carbonyl (C=O) groups is 2. The monoisotopic (exact) mass is 331 g/mol. The summed E-state index contributed by atoms with van der Waals surface area (Å²) in [7, 11) is 2.89. The Morgan fingerprint density at radius 3 is 2.71 bits per heavy atom. The van der Waals surface area contributed by atoms with E-state index in [0.29, 0.717) is 18.9 Å². The van der Waals surface area contributed by atoms with Gasteiger partial charge in [-0.25, -0.2) is 0 Å². The van der Waals surface area contributed by atoms with Crippen molar-refractivity contribution in [1.82, 2.24) is 4.90 Å². The van der Waals surface area contributed by atoms with Crippen molar-refractivity contribution in [3.8, 4) is 0 Å². The molecular formula is C18H21NO5. The van der Waals surface area contributed by atoms with Crippen molar-refractivity contribution in [3.63, 3.8) is 0 Å². The first-order valence-electron chi connectivity index (χ1n) is 7.65. The number of nitrogens with zero attached hydrogens (tertiary/aromatic N) is 1. The Labute approximate surface area is 140 Å². The molecule has 24 heavy (non-hydrogen) atoms. The lowest BCUT2D eigenvalue weighted by molar-refractivity contribution is -0.141. The van der Waals surface area contributed by atoms with Crippen LogP contribution in [0.3, 0.4) is 0 Å². The molecule has 0 bridgehead atoms. The minimum absolute atomic E-state index is 0.143. The maximum Gasteiger partial charge on any atom is 0.307 e. The van der Waals surface area contributed by atoms with Crippen molar-refractivity contribution in [1.29, 1.82) is 0 Å². The molecule has 2 rings (SSSR count). The summed E-state index contributed by atoms with van der Waals surface area (Å²) in [5.41, 5.74) is 0.770. The highest BCUT2D eigenvalue weighted by Crippen LogP contribution is 2.19. The summed E-state index contributed by atoms with van der Waals surface area (Å²) in [6.07, 6.45) is 3.20. The first kappa shape index (κ1) is 17.7. The van der Waals surface area contributed by atoms with Crippen LogP contribution in [-0.2, 0) is 19.1 Å². The normalized spacial score (nSPS) is 11.1. The largest absolute Gasteiger partial charge is 0.469 e. The van der Waals surface area contributed by atoms with Crippen LogP contribution in [0.25, 0.3) is 17.0 Å². The Morgan fingerprint density at radius 1 is 1.21 bits per heavy atom. The van der Waals surface area contributed by atoms with E-state index in [1.807, 2.05) is 30.3 Å². The number of esters is 1. The summed E-state index contributed by atoms with van der Waals surface area (Å²) in [4.78, 5) is 25.1. The molecule has 0 spiro atoms. The molecule has 6 heteroatoms. The smallest absolute Gasteiger partial charge is 0.307 e. The van der Waals surface area contributed by atoms with Gasteiger partial charge in [0.15, 0.2) is 0 Å². The summed E-state index contributed by atoms with van der Waals surface area (Å²) in [5, 5.41) is 0.978. The third-order valence-corrected chi connectivity index (χ3v) is 3.53. The van der Waals surface area contributed by atoms with E-state index in [1.165, 1.54) is 13.2 Å². The van der Waals surface area contributed by atoms with Gasteiger partial charge in [0.05, 0.1) is 20.1 Å². The summed E-state index contributed by atoms with van der Waals surface area (Å²) >= 11 is 0. The third kappa shape index (κ3) is 4.96. The van der Waals surface area contributed by atoms with Crippen LogP contribution in [0.15, 0.2) is 40.8 Å². The minimum atomic E-state index is -0.355. The van der Waals surface area contributed by atoms with Crippen LogP contribution >= 0.6 is 0 Å². The predicted octanol–water partition coefficient (Wildman–Crippen LogP) is 2.48. The number of hydrogen-bond acceptors (Lipinski definition) is 5. The highest BCUT2D eigenvalue weighted by Gasteiger charge is 2.13. The first-order chi connectivity index (χ1) is 11.6. The second kappa shape index (κ2) is 8.88. The Bertz CT molecular complexity index is 686. The highest BCUT2D eigenvalue weighted by atomic mass is 16.5. The summed E-state index contributed by atoms with van der Waals surface area (Å²) in [6, 6.07) is 9.50. The second-order valence-corrected chi connectivity index (χ2v) is 5.16. The van der Waals surface area contributed by atoms with Gasteiger partial charge in [-0.05, 0) is 18.2 Å². The predicted molar refractivity (Wildman–Crippen MR) is 90.3 cm³/mol. The van der Waals surface area contributed by atoms with Gasteiger partial charge in [-0.2, -0.15) is 0 Å². The Hall–Kier alpha value is -2.60. The van der Waals surface area contributed by atoms with Crippen LogP contribution in [0.4, 0.5) is 0 Å². The number of carbonyl (C=O) groups excluding carboxylic acids is 2. The van der Waals surface area contributed by atoms with Gasteiger partial charge >= 0.3 is 5.97 Å². The van der Waals surface area contributed by atoms with Crippen LogP contribution in [0.1, 0.15) is 12.2 Å². The van der Waals surface area contributed by atoms with Crippen molar-refractivity contribution in [2.45, 2.75) is 6.42 Å². The van der Waals surface area contributed by atoms with Crippen molar-refractivity contribution in [2.24, 2.45) is 0 Å². The summed E-state index contributed by atoms with van der Waals surface area (Å²) in [6.45, 7) is 1.07. The number of ether oxygens (including phenoxy) is 2. The number of methoxy groups -OCH3 is 2. The lowest BCUT2D eigenvalue weighted by atomic mass is 10.2. The Kier molecular flexibility index (Phi) is 6.57. The zero-order chi connectivity index (χ0) is 17.4. The fraction of sp³-hybridized carbons (Fsp3) is 0.333.